The van der Waals surface area contributed by atoms with Gasteiger partial charge in [-0.2, -0.15) is 9.67 Å². The summed E-state index contributed by atoms with van der Waals surface area (Å²) in [5, 5.41) is 11.8. The molecule has 0 spiro atoms. The highest BCUT2D eigenvalue weighted by Crippen LogP contribution is 2.17. The van der Waals surface area contributed by atoms with Gasteiger partial charge in [-0.25, -0.2) is 13.6 Å². The average molecular weight is 359 g/mol. The number of nitrogens with two attached hydrogens (primary N) is 2. The number of primary sulfonamides is 1. The summed E-state index contributed by atoms with van der Waals surface area (Å²) in [4.78, 5) is 20.2. The van der Waals surface area contributed by atoms with Crippen molar-refractivity contribution in [1.82, 2.24) is 19.7 Å². The van der Waals surface area contributed by atoms with Crippen LogP contribution in [0.15, 0.2) is 53.6 Å². The van der Waals surface area contributed by atoms with Gasteiger partial charge in [0.2, 0.25) is 21.9 Å². The van der Waals surface area contributed by atoms with Crippen LogP contribution in [0.1, 0.15) is 10.5 Å². The lowest BCUT2D eigenvalue weighted by Crippen LogP contribution is -2.17. The van der Waals surface area contributed by atoms with Crippen molar-refractivity contribution in [2.45, 2.75) is 4.90 Å². The molecular formula is C14H13N7O3S. The van der Waals surface area contributed by atoms with Crippen LogP contribution >= 0.6 is 0 Å². The SMILES string of the molecule is Nc1nc(Nc2ccc(S(N)(=O)=O)cc2)nn1C(=O)c1ccccn1. The van der Waals surface area contributed by atoms with Gasteiger partial charge in [0.05, 0.1) is 4.90 Å². The minimum Gasteiger partial charge on any atom is -0.368 e. The maximum Gasteiger partial charge on any atom is 0.300 e. The topological polar surface area (TPSA) is 159 Å². The van der Waals surface area contributed by atoms with Crippen LogP contribution in [0.4, 0.5) is 17.6 Å². The summed E-state index contributed by atoms with van der Waals surface area (Å²) in [7, 11) is -3.77. The number of aromatic nitrogens is 4. The Morgan fingerprint density at radius 2 is 1.84 bits per heavy atom. The fourth-order valence-electron chi connectivity index (χ4n) is 1.98. The lowest BCUT2D eigenvalue weighted by Gasteiger charge is -2.03. The van der Waals surface area contributed by atoms with E-state index in [0.29, 0.717) is 5.69 Å². The lowest BCUT2D eigenvalue weighted by molar-refractivity contribution is 0.0943. The lowest BCUT2D eigenvalue weighted by atomic mass is 10.3. The second-order valence-electron chi connectivity index (χ2n) is 4.92. The van der Waals surface area contributed by atoms with E-state index in [-0.39, 0.29) is 22.5 Å². The molecule has 0 bridgehead atoms. The van der Waals surface area contributed by atoms with Gasteiger partial charge in [0.1, 0.15) is 5.69 Å². The van der Waals surface area contributed by atoms with E-state index in [1.807, 2.05) is 0 Å². The number of hydrogen-bond donors (Lipinski definition) is 3. The van der Waals surface area contributed by atoms with Gasteiger partial charge < -0.3 is 11.1 Å². The number of sulfonamides is 1. The summed E-state index contributed by atoms with van der Waals surface area (Å²) in [5.74, 6) is -0.562. The molecule has 128 valence electrons. The maximum absolute atomic E-state index is 12.3. The van der Waals surface area contributed by atoms with Crippen molar-refractivity contribution in [2.75, 3.05) is 11.1 Å². The van der Waals surface area contributed by atoms with Gasteiger partial charge >= 0.3 is 0 Å². The van der Waals surface area contributed by atoms with Gasteiger partial charge in [0, 0.05) is 11.9 Å². The van der Waals surface area contributed by atoms with Crippen LogP contribution in [0.5, 0.6) is 0 Å². The van der Waals surface area contributed by atoms with E-state index >= 15 is 0 Å². The second-order valence-corrected chi connectivity index (χ2v) is 6.48. The van der Waals surface area contributed by atoms with Crippen molar-refractivity contribution in [3.8, 4) is 0 Å². The summed E-state index contributed by atoms with van der Waals surface area (Å²) in [5.41, 5.74) is 6.38. The third kappa shape index (κ3) is 3.62. The van der Waals surface area contributed by atoms with E-state index in [0.717, 1.165) is 4.68 Å². The van der Waals surface area contributed by atoms with E-state index in [4.69, 9.17) is 10.9 Å². The van der Waals surface area contributed by atoms with E-state index in [2.05, 4.69) is 20.4 Å². The number of carbonyl (C=O) groups excluding carboxylic acids is 1. The minimum absolute atomic E-state index is 0.0265. The Bertz CT molecular complexity index is 1010. The van der Waals surface area contributed by atoms with Gasteiger partial charge in [0.15, 0.2) is 0 Å². The smallest absolute Gasteiger partial charge is 0.300 e. The third-order valence-electron chi connectivity index (χ3n) is 3.15. The van der Waals surface area contributed by atoms with Crippen molar-refractivity contribution in [3.05, 3.63) is 54.4 Å². The molecule has 0 radical (unpaired) electrons. The molecule has 0 atom stereocenters. The molecule has 0 amide bonds. The molecule has 2 heterocycles. The van der Waals surface area contributed by atoms with Gasteiger partial charge in [0.25, 0.3) is 5.91 Å². The summed E-state index contributed by atoms with van der Waals surface area (Å²) in [6.07, 6.45) is 1.48. The fourth-order valence-corrected chi connectivity index (χ4v) is 2.50. The Morgan fingerprint density at radius 3 is 2.44 bits per heavy atom. The number of nitrogens with zero attached hydrogens (tertiary/aromatic N) is 4. The predicted octanol–water partition coefficient (Wildman–Crippen LogP) is 0.335. The number of hydrogen-bond acceptors (Lipinski definition) is 8. The molecule has 11 heteroatoms. The number of anilines is 3. The number of pyridine rings is 1. The Balaban J connectivity index is 1.82. The van der Waals surface area contributed by atoms with Gasteiger partial charge in [-0.05, 0) is 36.4 Å². The largest absolute Gasteiger partial charge is 0.368 e. The highest BCUT2D eigenvalue weighted by Gasteiger charge is 2.17. The van der Waals surface area contributed by atoms with Crippen LogP contribution in [0.25, 0.3) is 0 Å². The van der Waals surface area contributed by atoms with Gasteiger partial charge in [-0.1, -0.05) is 6.07 Å². The fraction of sp³-hybridized carbons (Fsp3) is 0. The molecule has 3 aromatic rings. The third-order valence-corrected chi connectivity index (χ3v) is 4.08. The van der Waals surface area contributed by atoms with Gasteiger partial charge in [-0.3, -0.25) is 9.78 Å². The molecule has 3 rings (SSSR count). The molecule has 0 unspecified atom stereocenters. The Kier molecular flexibility index (Phi) is 4.17. The average Bonchev–Trinajstić information content (AvgIpc) is 2.95. The molecule has 25 heavy (non-hydrogen) atoms. The first-order valence-corrected chi connectivity index (χ1v) is 8.47. The molecule has 0 fully saturated rings. The molecule has 0 saturated heterocycles. The van der Waals surface area contributed by atoms with Crippen LogP contribution in [0.2, 0.25) is 0 Å². The van der Waals surface area contributed by atoms with Crippen molar-refractivity contribution in [3.63, 3.8) is 0 Å². The van der Waals surface area contributed by atoms with E-state index in [1.165, 1.54) is 36.5 Å². The molecular weight excluding hydrogens is 346 g/mol. The minimum atomic E-state index is -3.77. The molecule has 0 aliphatic heterocycles. The first-order valence-electron chi connectivity index (χ1n) is 6.93. The number of nitrogens with one attached hydrogen (secondary N) is 1. The van der Waals surface area contributed by atoms with E-state index in [9.17, 15) is 13.2 Å². The maximum atomic E-state index is 12.3. The molecule has 5 N–H and O–H groups in total. The van der Waals surface area contributed by atoms with E-state index in [1.54, 1.807) is 12.1 Å². The normalized spacial score (nSPS) is 11.2. The molecule has 0 aliphatic rings. The monoisotopic (exact) mass is 359 g/mol. The Morgan fingerprint density at radius 1 is 1.12 bits per heavy atom. The molecule has 10 nitrogen and oxygen atoms in total. The molecule has 0 saturated carbocycles. The highest BCUT2D eigenvalue weighted by molar-refractivity contribution is 7.89. The summed E-state index contributed by atoms with van der Waals surface area (Å²) < 4.78 is 23.4. The highest BCUT2D eigenvalue weighted by atomic mass is 32.2. The van der Waals surface area contributed by atoms with Crippen molar-refractivity contribution in [2.24, 2.45) is 5.14 Å². The number of carbonyl (C=O) groups is 1. The van der Waals surface area contributed by atoms with Crippen LogP contribution in [-0.2, 0) is 10.0 Å². The van der Waals surface area contributed by atoms with Crippen molar-refractivity contribution < 1.29 is 13.2 Å². The zero-order valence-corrected chi connectivity index (χ0v) is 13.5. The summed E-state index contributed by atoms with van der Waals surface area (Å²) >= 11 is 0. The first kappa shape index (κ1) is 16.5. The van der Waals surface area contributed by atoms with Crippen molar-refractivity contribution in [1.29, 1.82) is 0 Å². The molecule has 0 aliphatic carbocycles. The second kappa shape index (κ2) is 6.30. The molecule has 2 aromatic heterocycles. The standard InChI is InChI=1S/C14H13N7O3S/c15-13-19-14(18-9-4-6-10(7-5-9)25(16,23)24)20-21(13)12(22)11-3-1-2-8-17-11/h1-8H,(H2,16,23,24)(H3,15,18,19,20). The Labute approximate surface area is 142 Å². The van der Waals surface area contributed by atoms with Crippen LogP contribution in [0, 0.1) is 0 Å². The summed E-state index contributed by atoms with van der Waals surface area (Å²) in [6, 6.07) is 10.5. The first-order chi connectivity index (χ1) is 11.8. The van der Waals surface area contributed by atoms with Crippen LogP contribution < -0.4 is 16.2 Å². The zero-order valence-electron chi connectivity index (χ0n) is 12.7. The van der Waals surface area contributed by atoms with Crippen LogP contribution in [0.3, 0.4) is 0 Å². The number of rotatable bonds is 4. The Hall–Kier alpha value is -3.31. The quantitative estimate of drug-likeness (QED) is 0.601. The summed E-state index contributed by atoms with van der Waals surface area (Å²) in [6.45, 7) is 0. The molecule has 1 aromatic carbocycles. The zero-order chi connectivity index (χ0) is 18.0. The number of benzene rings is 1. The predicted molar refractivity (Wildman–Crippen MR) is 89.5 cm³/mol. The van der Waals surface area contributed by atoms with Gasteiger partial charge in [-0.15, -0.1) is 5.10 Å². The van der Waals surface area contributed by atoms with Crippen molar-refractivity contribution >= 4 is 33.5 Å². The number of nitrogen functional groups attached to an aromatic ring is 1. The van der Waals surface area contributed by atoms with Crippen LogP contribution in [-0.4, -0.2) is 34.1 Å². The van der Waals surface area contributed by atoms with E-state index < -0.39 is 15.9 Å².